The maximum atomic E-state index is 11.1. The molecule has 5 unspecified atom stereocenters. The summed E-state index contributed by atoms with van der Waals surface area (Å²) in [5, 5.41) is 9.16. The van der Waals surface area contributed by atoms with E-state index in [1.54, 1.807) is 5.57 Å². The van der Waals surface area contributed by atoms with Gasteiger partial charge in [-0.15, -0.1) is 0 Å². The highest BCUT2D eigenvalue weighted by molar-refractivity contribution is 5.66. The van der Waals surface area contributed by atoms with Crippen LogP contribution in [0.5, 0.6) is 0 Å². The molecular weight excluding hydrogens is 410 g/mol. The molecule has 0 bridgehead atoms. The Kier molecular flexibility index (Phi) is 8.51. The molecule has 1 heterocycles. The fraction of sp³-hybridized carbons (Fsp3) is 0.690. The first-order chi connectivity index (χ1) is 16.0. The summed E-state index contributed by atoms with van der Waals surface area (Å²) < 4.78 is 6.06. The first-order valence-electron chi connectivity index (χ1n) is 13.4. The van der Waals surface area contributed by atoms with Crippen molar-refractivity contribution in [1.29, 1.82) is 0 Å². The number of nitrogens with zero attached hydrogens (tertiary/aromatic N) is 1. The summed E-state index contributed by atoms with van der Waals surface area (Å²) in [6, 6.07) is 0.883. The second kappa shape index (κ2) is 11.6. The maximum Gasteiger partial charge on any atom is 0.303 e. The minimum Gasteiger partial charge on any atom is -0.481 e. The number of allylic oxidation sites excluding steroid dienone is 3. The van der Waals surface area contributed by atoms with Gasteiger partial charge in [-0.1, -0.05) is 43.7 Å². The number of rotatable bonds is 10. The molecule has 3 aliphatic carbocycles. The van der Waals surface area contributed by atoms with E-state index in [0.29, 0.717) is 23.9 Å². The van der Waals surface area contributed by atoms with Crippen molar-refractivity contribution >= 4 is 5.97 Å². The highest BCUT2D eigenvalue weighted by atomic mass is 16.5. The van der Waals surface area contributed by atoms with Gasteiger partial charge in [0.2, 0.25) is 0 Å². The zero-order valence-corrected chi connectivity index (χ0v) is 20.7. The van der Waals surface area contributed by atoms with Crippen LogP contribution in [0.3, 0.4) is 0 Å². The van der Waals surface area contributed by atoms with E-state index in [1.807, 2.05) is 0 Å². The predicted molar refractivity (Wildman–Crippen MR) is 134 cm³/mol. The fourth-order valence-electron chi connectivity index (χ4n) is 6.17. The molecule has 182 valence electrons. The van der Waals surface area contributed by atoms with Gasteiger partial charge in [0, 0.05) is 25.3 Å². The first kappa shape index (κ1) is 24.3. The summed E-state index contributed by atoms with van der Waals surface area (Å²) in [5.74, 6) is 0.248. The lowest BCUT2D eigenvalue weighted by Gasteiger charge is -2.40. The number of fused-ring (bicyclic) bond motifs is 1. The molecule has 4 rings (SSSR count). The molecule has 0 aromatic heterocycles. The number of hydrogen-bond donors (Lipinski definition) is 1. The number of carboxylic acids is 1. The van der Waals surface area contributed by atoms with Gasteiger partial charge < -0.3 is 14.7 Å². The van der Waals surface area contributed by atoms with Crippen molar-refractivity contribution in [2.45, 2.75) is 109 Å². The first-order valence-corrected chi connectivity index (χ1v) is 13.4. The van der Waals surface area contributed by atoms with Crippen molar-refractivity contribution in [1.82, 2.24) is 4.90 Å². The zero-order valence-electron chi connectivity index (χ0n) is 20.7. The summed E-state index contributed by atoms with van der Waals surface area (Å²) in [4.78, 5) is 13.8. The van der Waals surface area contributed by atoms with Gasteiger partial charge in [-0.25, -0.2) is 0 Å². The molecule has 4 nitrogen and oxygen atoms in total. The molecular formula is C29H43NO3. The van der Waals surface area contributed by atoms with Crippen LogP contribution < -0.4 is 0 Å². The van der Waals surface area contributed by atoms with Gasteiger partial charge in [-0.3, -0.25) is 4.79 Å². The van der Waals surface area contributed by atoms with E-state index < -0.39 is 5.97 Å². The second-order valence-electron chi connectivity index (χ2n) is 10.6. The molecule has 33 heavy (non-hydrogen) atoms. The smallest absolute Gasteiger partial charge is 0.303 e. The zero-order chi connectivity index (χ0) is 23.2. The van der Waals surface area contributed by atoms with Gasteiger partial charge in [0.1, 0.15) is 0 Å². The third-order valence-corrected chi connectivity index (χ3v) is 8.04. The van der Waals surface area contributed by atoms with Crippen molar-refractivity contribution in [3.05, 3.63) is 47.2 Å². The third kappa shape index (κ3) is 6.20. The topological polar surface area (TPSA) is 49.8 Å². The van der Waals surface area contributed by atoms with Crippen LogP contribution in [0.2, 0.25) is 0 Å². The van der Waals surface area contributed by atoms with E-state index in [-0.39, 0.29) is 12.5 Å². The standard InChI is InChI=1S/C29H43NO3/c1-3-17-33-28-15-13-25(18-21(28)2)30-20-24(12-9-22-7-5-4-6-8-22)26-19-23(10-14-27(26)30)11-16-29(31)32/h7,13,15,19-21,23,25,27-28H,3-6,8-12,14,16-18H2,1-2H3,(H,31,32). The Morgan fingerprint density at radius 1 is 1.21 bits per heavy atom. The number of hydrogen-bond acceptors (Lipinski definition) is 3. The Labute approximate surface area is 200 Å². The molecule has 0 fully saturated rings. The minimum atomic E-state index is -0.676. The van der Waals surface area contributed by atoms with E-state index in [2.05, 4.69) is 49.3 Å². The molecule has 1 N–H and O–H groups in total. The summed E-state index contributed by atoms with van der Waals surface area (Å²) in [7, 11) is 0. The van der Waals surface area contributed by atoms with Gasteiger partial charge in [0.05, 0.1) is 12.1 Å². The molecule has 0 saturated heterocycles. The van der Waals surface area contributed by atoms with Crippen molar-refractivity contribution < 1.29 is 14.6 Å². The number of aliphatic carboxylic acids is 1. The lowest BCUT2D eigenvalue weighted by atomic mass is 9.81. The SMILES string of the molecule is CCCOC1C=CC(N2C=C(CCC3=CCCCC3)C3=CC(CCC(=O)O)CCC32)CC1C. The Hall–Kier alpha value is -1.81. The summed E-state index contributed by atoms with van der Waals surface area (Å²) >= 11 is 0. The molecule has 4 aliphatic rings. The van der Waals surface area contributed by atoms with Gasteiger partial charge in [-0.05, 0) is 93.6 Å². The van der Waals surface area contributed by atoms with Gasteiger partial charge >= 0.3 is 5.97 Å². The van der Waals surface area contributed by atoms with Crippen LogP contribution in [0.4, 0.5) is 0 Å². The van der Waals surface area contributed by atoms with E-state index in [9.17, 15) is 4.79 Å². The van der Waals surface area contributed by atoms with Crippen LogP contribution in [0.25, 0.3) is 0 Å². The lowest BCUT2D eigenvalue weighted by Crippen LogP contribution is -2.42. The molecule has 0 aromatic rings. The second-order valence-corrected chi connectivity index (χ2v) is 10.6. The van der Waals surface area contributed by atoms with Crippen LogP contribution in [0.15, 0.2) is 47.2 Å². The van der Waals surface area contributed by atoms with Gasteiger partial charge in [0.25, 0.3) is 0 Å². The summed E-state index contributed by atoms with van der Waals surface area (Å²) in [5.41, 5.74) is 4.63. The number of ether oxygens (including phenoxy) is 1. The molecule has 0 radical (unpaired) electrons. The van der Waals surface area contributed by atoms with Crippen LogP contribution in [-0.4, -0.2) is 40.8 Å². The molecule has 5 atom stereocenters. The monoisotopic (exact) mass is 453 g/mol. The molecule has 0 aromatic carbocycles. The Bertz CT molecular complexity index is 808. The quantitative estimate of drug-likeness (QED) is 0.370. The average Bonchev–Trinajstić information content (AvgIpc) is 3.19. The Morgan fingerprint density at radius 3 is 2.82 bits per heavy atom. The number of carbonyl (C=O) groups is 1. The van der Waals surface area contributed by atoms with E-state index in [0.717, 1.165) is 45.1 Å². The van der Waals surface area contributed by atoms with Crippen LogP contribution in [-0.2, 0) is 9.53 Å². The molecule has 1 aliphatic heterocycles. The number of carboxylic acid groups (broad SMARTS) is 1. The minimum absolute atomic E-state index is 0.243. The Morgan fingerprint density at radius 2 is 2.09 bits per heavy atom. The normalized spacial score (nSPS) is 31.6. The largest absolute Gasteiger partial charge is 0.481 e. The van der Waals surface area contributed by atoms with E-state index >= 15 is 0 Å². The summed E-state index contributed by atoms with van der Waals surface area (Å²) in [6.07, 6.45) is 25.3. The maximum absolute atomic E-state index is 11.1. The van der Waals surface area contributed by atoms with Crippen LogP contribution >= 0.6 is 0 Å². The average molecular weight is 454 g/mol. The van der Waals surface area contributed by atoms with Crippen molar-refractivity contribution in [3.8, 4) is 0 Å². The lowest BCUT2D eigenvalue weighted by molar-refractivity contribution is -0.137. The van der Waals surface area contributed by atoms with E-state index in [1.165, 1.54) is 43.3 Å². The fourth-order valence-corrected chi connectivity index (χ4v) is 6.17. The molecule has 0 saturated carbocycles. The predicted octanol–water partition coefficient (Wildman–Crippen LogP) is 6.80. The van der Waals surface area contributed by atoms with Crippen molar-refractivity contribution in [3.63, 3.8) is 0 Å². The summed E-state index contributed by atoms with van der Waals surface area (Å²) in [6.45, 7) is 5.33. The van der Waals surface area contributed by atoms with Crippen LogP contribution in [0, 0.1) is 11.8 Å². The van der Waals surface area contributed by atoms with Gasteiger partial charge in [-0.2, -0.15) is 0 Å². The van der Waals surface area contributed by atoms with Crippen LogP contribution in [0.1, 0.15) is 90.9 Å². The highest BCUT2D eigenvalue weighted by Gasteiger charge is 2.38. The van der Waals surface area contributed by atoms with Crippen molar-refractivity contribution in [2.75, 3.05) is 6.61 Å². The third-order valence-electron chi connectivity index (χ3n) is 8.04. The van der Waals surface area contributed by atoms with Gasteiger partial charge in [0.15, 0.2) is 0 Å². The molecule has 0 spiro atoms. The molecule has 0 amide bonds. The Balaban J connectivity index is 1.50. The van der Waals surface area contributed by atoms with E-state index in [4.69, 9.17) is 9.84 Å². The highest BCUT2D eigenvalue weighted by Crippen LogP contribution is 2.43. The molecule has 4 heteroatoms. The van der Waals surface area contributed by atoms with Crippen molar-refractivity contribution in [2.24, 2.45) is 11.8 Å².